The minimum Gasteiger partial charge on any atom is -0.377 e. The SMILES string of the molecule is COCc1nc2c(c(=O)[nH]1)CCCCC2. The monoisotopic (exact) mass is 208 g/mol. The van der Waals surface area contributed by atoms with Crippen molar-refractivity contribution in [1.82, 2.24) is 9.97 Å². The van der Waals surface area contributed by atoms with Gasteiger partial charge in [0.1, 0.15) is 12.4 Å². The molecule has 1 aromatic rings. The molecule has 0 spiro atoms. The Morgan fingerprint density at radius 3 is 2.93 bits per heavy atom. The number of aryl methyl sites for hydroxylation is 1. The first kappa shape index (κ1) is 10.4. The lowest BCUT2D eigenvalue weighted by Crippen LogP contribution is -2.19. The Balaban J connectivity index is 2.39. The molecule has 0 aromatic carbocycles. The van der Waals surface area contributed by atoms with Crippen molar-refractivity contribution in [2.45, 2.75) is 38.7 Å². The summed E-state index contributed by atoms with van der Waals surface area (Å²) in [6.07, 6.45) is 5.22. The maximum atomic E-state index is 11.8. The fraction of sp³-hybridized carbons (Fsp3) is 0.636. The molecule has 15 heavy (non-hydrogen) atoms. The van der Waals surface area contributed by atoms with Crippen LogP contribution in [0, 0.1) is 0 Å². The van der Waals surface area contributed by atoms with E-state index in [0.717, 1.165) is 36.9 Å². The maximum absolute atomic E-state index is 11.8. The second kappa shape index (κ2) is 4.57. The molecule has 0 saturated heterocycles. The third-order valence-electron chi connectivity index (χ3n) is 2.77. The van der Waals surface area contributed by atoms with Crippen LogP contribution in [0.15, 0.2) is 4.79 Å². The fourth-order valence-corrected chi connectivity index (χ4v) is 2.04. The molecule has 0 saturated carbocycles. The molecule has 1 N–H and O–H groups in total. The Kier molecular flexibility index (Phi) is 3.16. The topological polar surface area (TPSA) is 55.0 Å². The number of ether oxygens (including phenoxy) is 1. The highest BCUT2D eigenvalue weighted by atomic mass is 16.5. The molecule has 0 bridgehead atoms. The third-order valence-corrected chi connectivity index (χ3v) is 2.77. The summed E-state index contributed by atoms with van der Waals surface area (Å²) in [5.74, 6) is 0.642. The van der Waals surface area contributed by atoms with Crippen LogP contribution in [0.5, 0.6) is 0 Å². The lowest BCUT2D eigenvalue weighted by Gasteiger charge is -2.06. The third kappa shape index (κ3) is 2.26. The Hall–Kier alpha value is -1.16. The Bertz CT molecular complexity index is 398. The number of fused-ring (bicyclic) bond motifs is 1. The van der Waals surface area contributed by atoms with Crippen molar-refractivity contribution in [2.24, 2.45) is 0 Å². The molecule has 1 aliphatic carbocycles. The average Bonchev–Trinajstić information content (AvgIpc) is 2.43. The number of aromatic nitrogens is 2. The number of H-pyrrole nitrogens is 1. The Morgan fingerprint density at radius 2 is 2.13 bits per heavy atom. The van der Waals surface area contributed by atoms with E-state index in [-0.39, 0.29) is 5.56 Å². The molecule has 0 radical (unpaired) electrons. The van der Waals surface area contributed by atoms with Crippen molar-refractivity contribution < 1.29 is 4.74 Å². The summed E-state index contributed by atoms with van der Waals surface area (Å²) in [5.41, 5.74) is 1.88. The van der Waals surface area contributed by atoms with E-state index in [4.69, 9.17) is 4.74 Å². The van der Waals surface area contributed by atoms with Gasteiger partial charge in [0.25, 0.3) is 5.56 Å². The van der Waals surface area contributed by atoms with E-state index in [1.165, 1.54) is 6.42 Å². The van der Waals surface area contributed by atoms with Gasteiger partial charge in [0, 0.05) is 12.7 Å². The quantitative estimate of drug-likeness (QED) is 0.743. The molecule has 1 aromatic heterocycles. The van der Waals surface area contributed by atoms with Crippen LogP contribution in [0.3, 0.4) is 0 Å². The molecule has 1 aliphatic rings. The number of rotatable bonds is 2. The fourth-order valence-electron chi connectivity index (χ4n) is 2.04. The average molecular weight is 208 g/mol. The maximum Gasteiger partial charge on any atom is 0.254 e. The summed E-state index contributed by atoms with van der Waals surface area (Å²) >= 11 is 0. The van der Waals surface area contributed by atoms with Crippen LogP contribution in [-0.4, -0.2) is 17.1 Å². The summed E-state index contributed by atoms with van der Waals surface area (Å²) in [4.78, 5) is 19.0. The van der Waals surface area contributed by atoms with Crippen molar-refractivity contribution in [2.75, 3.05) is 7.11 Å². The second-order valence-corrected chi connectivity index (χ2v) is 3.93. The Morgan fingerprint density at radius 1 is 1.33 bits per heavy atom. The van der Waals surface area contributed by atoms with Gasteiger partial charge in [-0.05, 0) is 25.7 Å². The predicted octanol–water partition coefficient (Wildman–Crippen LogP) is 1.19. The van der Waals surface area contributed by atoms with E-state index >= 15 is 0 Å². The zero-order chi connectivity index (χ0) is 10.7. The molecule has 0 fully saturated rings. The highest BCUT2D eigenvalue weighted by Gasteiger charge is 2.13. The van der Waals surface area contributed by atoms with Crippen LogP contribution in [0.1, 0.15) is 36.3 Å². The summed E-state index contributed by atoms with van der Waals surface area (Å²) in [5, 5.41) is 0. The van der Waals surface area contributed by atoms with Crippen LogP contribution >= 0.6 is 0 Å². The minimum atomic E-state index is 0.0222. The number of hydrogen-bond donors (Lipinski definition) is 1. The van der Waals surface area contributed by atoms with Crippen molar-refractivity contribution in [3.8, 4) is 0 Å². The van der Waals surface area contributed by atoms with E-state index in [2.05, 4.69) is 9.97 Å². The van der Waals surface area contributed by atoms with Gasteiger partial charge >= 0.3 is 0 Å². The zero-order valence-corrected chi connectivity index (χ0v) is 9.01. The van der Waals surface area contributed by atoms with Gasteiger partial charge in [0.05, 0.1) is 5.69 Å². The summed E-state index contributed by atoms with van der Waals surface area (Å²) in [6.45, 7) is 0.377. The Labute approximate surface area is 88.7 Å². The summed E-state index contributed by atoms with van der Waals surface area (Å²) < 4.78 is 4.97. The molecule has 4 heteroatoms. The number of methoxy groups -OCH3 is 1. The van der Waals surface area contributed by atoms with Gasteiger partial charge in [-0.25, -0.2) is 4.98 Å². The molecule has 4 nitrogen and oxygen atoms in total. The van der Waals surface area contributed by atoms with E-state index in [0.29, 0.717) is 12.4 Å². The van der Waals surface area contributed by atoms with Crippen molar-refractivity contribution in [1.29, 1.82) is 0 Å². The van der Waals surface area contributed by atoms with Gasteiger partial charge in [0.2, 0.25) is 0 Å². The van der Waals surface area contributed by atoms with E-state index in [9.17, 15) is 4.79 Å². The first-order valence-electron chi connectivity index (χ1n) is 5.41. The first-order chi connectivity index (χ1) is 7.31. The van der Waals surface area contributed by atoms with Gasteiger partial charge in [0.15, 0.2) is 0 Å². The van der Waals surface area contributed by atoms with Gasteiger partial charge in [-0.3, -0.25) is 4.79 Å². The highest BCUT2D eigenvalue weighted by Crippen LogP contribution is 2.15. The van der Waals surface area contributed by atoms with Crippen molar-refractivity contribution in [3.63, 3.8) is 0 Å². The molecular formula is C11H16N2O2. The predicted molar refractivity (Wildman–Crippen MR) is 56.8 cm³/mol. The van der Waals surface area contributed by atoms with Gasteiger partial charge in [-0.15, -0.1) is 0 Å². The minimum absolute atomic E-state index is 0.0222. The smallest absolute Gasteiger partial charge is 0.254 e. The second-order valence-electron chi connectivity index (χ2n) is 3.93. The van der Waals surface area contributed by atoms with Crippen LogP contribution in [0.4, 0.5) is 0 Å². The summed E-state index contributed by atoms with van der Waals surface area (Å²) in [7, 11) is 1.60. The van der Waals surface area contributed by atoms with E-state index in [1.54, 1.807) is 7.11 Å². The molecule has 0 amide bonds. The van der Waals surface area contributed by atoms with Crippen LogP contribution in [0.2, 0.25) is 0 Å². The molecule has 2 rings (SSSR count). The lowest BCUT2D eigenvalue weighted by molar-refractivity contribution is 0.177. The zero-order valence-electron chi connectivity index (χ0n) is 9.01. The highest BCUT2D eigenvalue weighted by molar-refractivity contribution is 5.19. The molecule has 0 unspecified atom stereocenters. The first-order valence-corrected chi connectivity index (χ1v) is 5.41. The van der Waals surface area contributed by atoms with Crippen molar-refractivity contribution in [3.05, 3.63) is 27.4 Å². The number of aromatic amines is 1. The number of nitrogens with one attached hydrogen (secondary N) is 1. The lowest BCUT2D eigenvalue weighted by atomic mass is 10.1. The standard InChI is InChI=1S/C11H16N2O2/c1-15-7-10-12-9-6-4-2-3-5-8(9)11(14)13-10/h2-7H2,1H3,(H,12,13,14). The molecule has 82 valence electrons. The number of hydrogen-bond acceptors (Lipinski definition) is 3. The van der Waals surface area contributed by atoms with Gasteiger partial charge < -0.3 is 9.72 Å². The van der Waals surface area contributed by atoms with Gasteiger partial charge in [-0.2, -0.15) is 0 Å². The molecule has 0 aliphatic heterocycles. The van der Waals surface area contributed by atoms with Gasteiger partial charge in [-0.1, -0.05) is 6.42 Å². The van der Waals surface area contributed by atoms with E-state index < -0.39 is 0 Å². The molecule has 0 atom stereocenters. The van der Waals surface area contributed by atoms with Crippen LogP contribution in [0.25, 0.3) is 0 Å². The largest absolute Gasteiger partial charge is 0.377 e. The summed E-state index contributed by atoms with van der Waals surface area (Å²) in [6, 6.07) is 0. The van der Waals surface area contributed by atoms with Crippen LogP contribution in [-0.2, 0) is 24.2 Å². The molecular weight excluding hydrogens is 192 g/mol. The normalized spacial score (nSPS) is 15.8. The molecule has 1 heterocycles. The van der Waals surface area contributed by atoms with Crippen molar-refractivity contribution >= 4 is 0 Å². The van der Waals surface area contributed by atoms with Crippen LogP contribution < -0.4 is 5.56 Å². The number of nitrogens with zero attached hydrogens (tertiary/aromatic N) is 1. The van der Waals surface area contributed by atoms with E-state index in [1.807, 2.05) is 0 Å².